The first kappa shape index (κ1) is 15.1. The van der Waals surface area contributed by atoms with Gasteiger partial charge in [0.15, 0.2) is 5.69 Å². The van der Waals surface area contributed by atoms with Crippen LogP contribution in [0.15, 0.2) is 40.5 Å². The average molecular weight is 339 g/mol. The van der Waals surface area contributed by atoms with Crippen LogP contribution in [0.3, 0.4) is 0 Å². The fourth-order valence-corrected chi connectivity index (χ4v) is 4.34. The second-order valence-electron chi connectivity index (χ2n) is 6.05. The van der Waals surface area contributed by atoms with E-state index in [1.54, 1.807) is 36.6 Å². The van der Waals surface area contributed by atoms with Crippen molar-refractivity contribution in [3.05, 3.63) is 62.2 Å². The van der Waals surface area contributed by atoms with Crippen LogP contribution in [0.5, 0.6) is 0 Å². The van der Waals surface area contributed by atoms with Gasteiger partial charge in [0.05, 0.1) is 11.4 Å². The highest BCUT2D eigenvalue weighted by molar-refractivity contribution is 7.10. The maximum atomic E-state index is 13.2. The van der Waals surface area contributed by atoms with Crippen molar-refractivity contribution in [1.82, 2.24) is 14.7 Å². The quantitative estimate of drug-likeness (QED) is 0.685. The normalized spacial score (nSPS) is 17.1. The minimum atomic E-state index is -0.186. The zero-order valence-electron chi connectivity index (χ0n) is 13.5. The Kier molecular flexibility index (Phi) is 3.49. The Morgan fingerprint density at radius 2 is 2.00 bits per heavy atom. The molecule has 0 unspecified atom stereocenters. The van der Waals surface area contributed by atoms with Crippen molar-refractivity contribution in [2.45, 2.75) is 19.4 Å². The maximum Gasteiger partial charge on any atom is 0.275 e. The summed E-state index contributed by atoms with van der Waals surface area (Å²) in [5.74, 6) is -0.119. The summed E-state index contributed by atoms with van der Waals surface area (Å²) in [5, 5.41) is 7.49. The Bertz CT molecular complexity index is 1000. The topological polar surface area (TPSA) is 55.2 Å². The molecule has 2 aromatic heterocycles. The highest BCUT2D eigenvalue weighted by atomic mass is 32.1. The van der Waals surface area contributed by atoms with Gasteiger partial charge in [0, 0.05) is 23.9 Å². The van der Waals surface area contributed by atoms with Gasteiger partial charge in [0.25, 0.3) is 11.5 Å². The van der Waals surface area contributed by atoms with Crippen LogP contribution >= 0.6 is 11.3 Å². The molecule has 0 fully saturated rings. The van der Waals surface area contributed by atoms with Crippen molar-refractivity contribution in [1.29, 1.82) is 0 Å². The number of amides is 1. The number of hydrogen-bond acceptors (Lipinski definition) is 4. The van der Waals surface area contributed by atoms with E-state index in [9.17, 15) is 9.59 Å². The summed E-state index contributed by atoms with van der Waals surface area (Å²) in [6.45, 7) is 2.72. The summed E-state index contributed by atoms with van der Waals surface area (Å²) >= 11 is 1.75. The lowest BCUT2D eigenvalue weighted by Crippen LogP contribution is -2.39. The lowest BCUT2D eigenvalue weighted by atomic mass is 10.0. The number of carbonyl (C=O) groups is 1. The van der Waals surface area contributed by atoms with Crippen LogP contribution in [0, 0.1) is 0 Å². The largest absolute Gasteiger partial charge is 0.330 e. The lowest BCUT2D eigenvalue weighted by Gasteiger charge is -2.33. The monoisotopic (exact) mass is 339 g/mol. The molecule has 1 aliphatic rings. The van der Waals surface area contributed by atoms with Gasteiger partial charge in [-0.3, -0.25) is 9.59 Å². The van der Waals surface area contributed by atoms with Gasteiger partial charge in [-0.25, -0.2) is 4.68 Å². The van der Waals surface area contributed by atoms with Gasteiger partial charge in [-0.1, -0.05) is 18.2 Å². The Labute approximate surface area is 143 Å². The molecule has 1 amide bonds. The van der Waals surface area contributed by atoms with Gasteiger partial charge < -0.3 is 4.90 Å². The van der Waals surface area contributed by atoms with Crippen LogP contribution in [0.2, 0.25) is 0 Å². The molecule has 0 saturated heterocycles. The molecule has 0 spiro atoms. The molecular weight excluding hydrogens is 322 g/mol. The van der Waals surface area contributed by atoms with E-state index in [2.05, 4.69) is 16.5 Å². The first-order valence-electron chi connectivity index (χ1n) is 7.91. The van der Waals surface area contributed by atoms with E-state index in [1.807, 2.05) is 17.9 Å². The van der Waals surface area contributed by atoms with Crippen LogP contribution in [0.1, 0.15) is 33.9 Å². The van der Waals surface area contributed by atoms with Crippen molar-refractivity contribution >= 4 is 28.0 Å². The van der Waals surface area contributed by atoms with Crippen molar-refractivity contribution in [2.75, 3.05) is 6.54 Å². The Morgan fingerprint density at radius 1 is 1.25 bits per heavy atom. The highest BCUT2D eigenvalue weighted by Crippen LogP contribution is 2.33. The smallest absolute Gasteiger partial charge is 0.275 e. The number of hydrogen-bond donors (Lipinski definition) is 0. The molecular formula is C18H17N3O2S. The van der Waals surface area contributed by atoms with Crippen LogP contribution in [0.4, 0.5) is 0 Å². The second-order valence-corrected chi connectivity index (χ2v) is 7.05. The molecule has 0 saturated carbocycles. The number of thiophene rings is 1. The number of aromatic nitrogens is 2. The third-order valence-electron chi connectivity index (χ3n) is 4.70. The Balaban J connectivity index is 1.83. The molecule has 0 aliphatic carbocycles. The first-order chi connectivity index (χ1) is 11.6. The van der Waals surface area contributed by atoms with Gasteiger partial charge >= 0.3 is 0 Å². The number of carbonyl (C=O) groups excluding carboxylic acids is 1. The first-order valence-corrected chi connectivity index (χ1v) is 8.79. The predicted molar refractivity (Wildman–Crippen MR) is 94.5 cm³/mol. The van der Waals surface area contributed by atoms with Crippen LogP contribution in [0.25, 0.3) is 10.8 Å². The second kappa shape index (κ2) is 5.56. The van der Waals surface area contributed by atoms with E-state index in [1.165, 1.54) is 15.1 Å². The summed E-state index contributed by atoms with van der Waals surface area (Å²) in [5.41, 5.74) is 1.38. The van der Waals surface area contributed by atoms with E-state index >= 15 is 0 Å². The molecule has 0 N–H and O–H groups in total. The van der Waals surface area contributed by atoms with Gasteiger partial charge in [0.1, 0.15) is 0 Å². The third kappa shape index (κ3) is 2.17. The van der Waals surface area contributed by atoms with E-state index < -0.39 is 0 Å². The van der Waals surface area contributed by atoms with Crippen molar-refractivity contribution < 1.29 is 4.79 Å². The standard InChI is InChI=1S/C18H17N3O2S/c1-11-12-8-10-24-15(12)7-9-21(11)18(23)16-13-5-3-4-6-14(13)17(22)20(2)19-16/h3-6,8,10-11H,7,9H2,1-2H3/t11-/m0/s1. The van der Waals surface area contributed by atoms with E-state index in [0.29, 0.717) is 23.0 Å². The lowest BCUT2D eigenvalue weighted by molar-refractivity contribution is 0.0673. The molecule has 6 heteroatoms. The van der Waals surface area contributed by atoms with E-state index in [-0.39, 0.29) is 17.5 Å². The number of benzene rings is 1. The molecule has 1 aromatic carbocycles. The summed E-state index contributed by atoms with van der Waals surface area (Å²) in [6.07, 6.45) is 0.868. The fourth-order valence-electron chi connectivity index (χ4n) is 3.38. The summed E-state index contributed by atoms with van der Waals surface area (Å²) in [4.78, 5) is 28.6. The molecule has 3 heterocycles. The van der Waals surface area contributed by atoms with Crippen LogP contribution < -0.4 is 5.56 Å². The van der Waals surface area contributed by atoms with Crippen LogP contribution in [-0.2, 0) is 13.5 Å². The Morgan fingerprint density at radius 3 is 2.79 bits per heavy atom. The molecule has 0 bridgehead atoms. The summed E-state index contributed by atoms with van der Waals surface area (Å²) < 4.78 is 1.25. The number of aryl methyl sites for hydroxylation is 1. The molecule has 24 heavy (non-hydrogen) atoms. The van der Waals surface area contributed by atoms with E-state index in [0.717, 1.165) is 6.42 Å². The summed E-state index contributed by atoms with van der Waals surface area (Å²) in [6, 6.07) is 9.28. The fraction of sp³-hybridized carbons (Fsp3) is 0.278. The third-order valence-corrected chi connectivity index (χ3v) is 5.69. The molecule has 1 atom stereocenters. The predicted octanol–water partition coefficient (Wildman–Crippen LogP) is 2.75. The molecule has 5 nitrogen and oxygen atoms in total. The van der Waals surface area contributed by atoms with E-state index in [4.69, 9.17) is 0 Å². The van der Waals surface area contributed by atoms with Gasteiger partial charge in [0.2, 0.25) is 0 Å². The van der Waals surface area contributed by atoms with Crippen molar-refractivity contribution in [3.63, 3.8) is 0 Å². The molecule has 0 radical (unpaired) electrons. The molecule has 3 aromatic rings. The zero-order valence-corrected chi connectivity index (χ0v) is 14.3. The molecule has 1 aliphatic heterocycles. The highest BCUT2D eigenvalue weighted by Gasteiger charge is 2.31. The van der Waals surface area contributed by atoms with Gasteiger partial charge in [-0.05, 0) is 36.4 Å². The summed E-state index contributed by atoms with van der Waals surface area (Å²) in [7, 11) is 1.59. The van der Waals surface area contributed by atoms with Crippen molar-refractivity contribution in [2.24, 2.45) is 7.05 Å². The average Bonchev–Trinajstić information content (AvgIpc) is 3.07. The Hall–Kier alpha value is -2.47. The van der Waals surface area contributed by atoms with Crippen molar-refractivity contribution in [3.8, 4) is 0 Å². The minimum absolute atomic E-state index is 0.0188. The number of nitrogens with zero attached hydrogens (tertiary/aromatic N) is 3. The zero-order chi connectivity index (χ0) is 16.8. The molecule has 122 valence electrons. The SMILES string of the molecule is C[C@H]1c2ccsc2CCN1C(=O)c1nn(C)c(=O)c2ccccc12. The number of rotatable bonds is 1. The van der Waals surface area contributed by atoms with Gasteiger partial charge in [-0.15, -0.1) is 11.3 Å². The molecule has 4 rings (SSSR count). The van der Waals surface area contributed by atoms with Gasteiger partial charge in [-0.2, -0.15) is 5.10 Å². The maximum absolute atomic E-state index is 13.2. The van der Waals surface area contributed by atoms with Crippen LogP contribution in [-0.4, -0.2) is 27.1 Å². The minimum Gasteiger partial charge on any atom is -0.330 e. The number of fused-ring (bicyclic) bond motifs is 2.